The van der Waals surface area contributed by atoms with E-state index in [1.807, 2.05) is 45.8 Å². The van der Waals surface area contributed by atoms with Gasteiger partial charge in [-0.15, -0.1) is 0 Å². The van der Waals surface area contributed by atoms with Gasteiger partial charge in [0.05, 0.1) is 23.3 Å². The summed E-state index contributed by atoms with van der Waals surface area (Å²) in [5.74, 6) is -3.01. The number of aliphatic hydroxyl groups excluding tert-OH is 1. The summed E-state index contributed by atoms with van der Waals surface area (Å²) >= 11 is 2.96. The zero-order chi connectivity index (χ0) is 36.4. The van der Waals surface area contributed by atoms with E-state index in [0.717, 1.165) is 49.7 Å². The Morgan fingerprint density at radius 3 is 2.46 bits per heavy atom. The van der Waals surface area contributed by atoms with Crippen LogP contribution in [0.2, 0.25) is 0 Å². The van der Waals surface area contributed by atoms with Gasteiger partial charge < -0.3 is 30.5 Å². The maximum atomic E-state index is 14.5. The first-order valence-electron chi connectivity index (χ1n) is 18.0. The van der Waals surface area contributed by atoms with Crippen molar-refractivity contribution in [3.8, 4) is 22.3 Å². The van der Waals surface area contributed by atoms with Crippen molar-refractivity contribution in [3.63, 3.8) is 0 Å². The van der Waals surface area contributed by atoms with E-state index < -0.39 is 59.6 Å². The van der Waals surface area contributed by atoms with E-state index in [1.54, 1.807) is 6.20 Å². The number of hydrogen-bond acceptors (Lipinski definition) is 10. The van der Waals surface area contributed by atoms with Crippen molar-refractivity contribution in [1.82, 2.24) is 25.3 Å². The third kappa shape index (κ3) is 7.30. The number of carboxylic acids is 1. The molecule has 3 aromatic rings. The minimum atomic E-state index is -1.87. The second-order valence-corrected chi connectivity index (χ2v) is 15.8. The van der Waals surface area contributed by atoms with E-state index >= 15 is 0 Å². The molecule has 276 valence electrons. The fourth-order valence-electron chi connectivity index (χ4n) is 7.98. The SMILES string of the molecule is O=C(N[C@H]1CCCCC/C=C\[C@H]2C[C@@]2(C(O)C(=O)O)NC(=O)[C@@H]2C[C@@H](n3ncc(-c4ccsc4)c(-c4ccsc4)c3=O)CN2C1=O)OC1CCCC1. The summed E-state index contributed by atoms with van der Waals surface area (Å²) in [7, 11) is 0. The normalized spacial score (nSPS) is 28.1. The molecule has 52 heavy (non-hydrogen) atoms. The predicted octanol–water partition coefficient (Wildman–Crippen LogP) is 4.72. The van der Waals surface area contributed by atoms with E-state index in [2.05, 4.69) is 15.7 Å². The maximum Gasteiger partial charge on any atom is 0.408 e. The molecule has 2 saturated carbocycles. The second kappa shape index (κ2) is 15.3. The van der Waals surface area contributed by atoms with Crippen LogP contribution in [0.4, 0.5) is 4.79 Å². The van der Waals surface area contributed by atoms with Gasteiger partial charge in [0.15, 0.2) is 6.10 Å². The standard InChI is InChI=1S/C37H43N5O8S2/c43-31(35(47)48)37-17-24(37)8-4-2-1-3-5-11-28(39-36(49)50-26-9-6-7-10-26)33(45)41-19-25(16-29(41)32(44)40-37)42-34(46)30(23-13-15-52-21-23)27(18-38-42)22-12-14-51-20-22/h4,8,12-15,18,20-21,24-26,28-29,31,43H,1-3,5-7,9-11,16-17,19H2,(H,39,49)(H,40,44)(H,47,48)/b8-4-/t24-,25+,28-,29-,31?,37+/m0/s1. The maximum absolute atomic E-state index is 14.5. The van der Waals surface area contributed by atoms with Gasteiger partial charge in [-0.3, -0.25) is 14.4 Å². The van der Waals surface area contributed by atoms with Gasteiger partial charge in [0.25, 0.3) is 5.56 Å². The Morgan fingerprint density at radius 2 is 1.75 bits per heavy atom. The third-order valence-corrected chi connectivity index (χ3v) is 12.3. The summed E-state index contributed by atoms with van der Waals surface area (Å²) in [5, 5.41) is 38.5. The van der Waals surface area contributed by atoms with E-state index in [9.17, 15) is 34.2 Å². The number of aliphatic hydroxyl groups is 1. The van der Waals surface area contributed by atoms with Crippen molar-refractivity contribution in [1.29, 1.82) is 0 Å². The summed E-state index contributed by atoms with van der Waals surface area (Å²) in [4.78, 5) is 69.7. The number of carboxylic acid groups (broad SMARTS) is 1. The molecule has 13 nitrogen and oxygen atoms in total. The first-order chi connectivity index (χ1) is 25.2. The fourth-order valence-corrected chi connectivity index (χ4v) is 9.28. The molecule has 3 amide bonds. The molecular weight excluding hydrogens is 707 g/mol. The van der Waals surface area contributed by atoms with E-state index in [0.29, 0.717) is 30.4 Å². The molecule has 7 rings (SSSR count). The van der Waals surface area contributed by atoms with Crippen molar-refractivity contribution in [2.45, 2.75) is 107 Å². The number of ether oxygens (including phenoxy) is 1. The molecule has 1 saturated heterocycles. The lowest BCUT2D eigenvalue weighted by Crippen LogP contribution is -2.58. The van der Waals surface area contributed by atoms with Gasteiger partial charge in [-0.2, -0.15) is 27.8 Å². The fraction of sp³-hybridized carbons (Fsp3) is 0.514. The van der Waals surface area contributed by atoms with Gasteiger partial charge in [0.2, 0.25) is 11.8 Å². The molecule has 15 heteroatoms. The quantitative estimate of drug-likeness (QED) is 0.249. The lowest BCUT2D eigenvalue weighted by molar-refractivity contribution is -0.150. The molecular formula is C37H43N5O8S2. The smallest absolute Gasteiger partial charge is 0.408 e. The van der Waals surface area contributed by atoms with E-state index in [-0.39, 0.29) is 31.0 Å². The third-order valence-electron chi connectivity index (χ3n) is 10.9. The highest BCUT2D eigenvalue weighted by Crippen LogP contribution is 2.48. The van der Waals surface area contributed by atoms with Crippen LogP contribution < -0.4 is 16.2 Å². The van der Waals surface area contributed by atoms with Crippen LogP contribution in [0.1, 0.15) is 76.7 Å². The van der Waals surface area contributed by atoms with Crippen LogP contribution in [0.25, 0.3) is 22.3 Å². The number of hydrogen-bond donors (Lipinski definition) is 4. The predicted molar refractivity (Wildman–Crippen MR) is 195 cm³/mol. The minimum Gasteiger partial charge on any atom is -0.479 e. The molecule has 2 aliphatic carbocycles. The number of amides is 3. The minimum absolute atomic E-state index is 0.00431. The van der Waals surface area contributed by atoms with Gasteiger partial charge in [-0.05, 0) is 96.1 Å². The summed E-state index contributed by atoms with van der Waals surface area (Å²) in [6.45, 7) is -0.0572. The van der Waals surface area contributed by atoms with Crippen LogP contribution in [0.3, 0.4) is 0 Å². The van der Waals surface area contributed by atoms with Crippen LogP contribution in [-0.2, 0) is 19.1 Å². The molecule has 0 spiro atoms. The zero-order valence-electron chi connectivity index (χ0n) is 28.6. The number of carbonyl (C=O) groups excluding carboxylic acids is 3. The molecule has 0 radical (unpaired) electrons. The van der Waals surface area contributed by atoms with Gasteiger partial charge in [-0.1, -0.05) is 25.0 Å². The van der Waals surface area contributed by atoms with E-state index in [4.69, 9.17) is 4.74 Å². The number of carbonyl (C=O) groups is 4. The molecule has 5 heterocycles. The largest absolute Gasteiger partial charge is 0.479 e. The highest BCUT2D eigenvalue weighted by Gasteiger charge is 2.62. The number of fused-ring (bicyclic) bond motifs is 2. The Bertz CT molecular complexity index is 1870. The lowest BCUT2D eigenvalue weighted by Gasteiger charge is -2.30. The first kappa shape index (κ1) is 36.0. The molecule has 4 aliphatic rings. The Morgan fingerprint density at radius 1 is 1.02 bits per heavy atom. The Kier molecular flexibility index (Phi) is 10.6. The van der Waals surface area contributed by atoms with Crippen molar-refractivity contribution >= 4 is 46.6 Å². The number of thiophene rings is 2. The van der Waals surface area contributed by atoms with Crippen molar-refractivity contribution in [2.24, 2.45) is 5.92 Å². The summed E-state index contributed by atoms with van der Waals surface area (Å²) in [6.07, 6.45) is 9.56. The number of allylic oxidation sites excluding steroid dienone is 1. The van der Waals surface area contributed by atoms with Crippen LogP contribution in [0.5, 0.6) is 0 Å². The number of aromatic nitrogens is 2. The van der Waals surface area contributed by atoms with Crippen LogP contribution in [-0.4, -0.2) is 85.1 Å². The van der Waals surface area contributed by atoms with Crippen molar-refractivity contribution in [2.75, 3.05) is 6.54 Å². The molecule has 6 atom stereocenters. The van der Waals surface area contributed by atoms with Crippen LogP contribution >= 0.6 is 22.7 Å². The molecule has 3 aromatic heterocycles. The molecule has 4 N–H and O–H groups in total. The molecule has 1 unspecified atom stereocenters. The molecule has 0 aromatic carbocycles. The number of nitrogens with zero attached hydrogens (tertiary/aromatic N) is 3. The van der Waals surface area contributed by atoms with Gasteiger partial charge >= 0.3 is 12.1 Å². The second-order valence-electron chi connectivity index (χ2n) is 14.3. The van der Waals surface area contributed by atoms with Crippen molar-refractivity contribution in [3.05, 3.63) is 62.4 Å². The Labute approximate surface area is 308 Å². The highest BCUT2D eigenvalue weighted by atomic mass is 32.1. The van der Waals surface area contributed by atoms with Crippen molar-refractivity contribution < 1.29 is 34.1 Å². The van der Waals surface area contributed by atoms with Crippen LogP contribution in [0.15, 0.2) is 56.8 Å². The highest BCUT2D eigenvalue weighted by molar-refractivity contribution is 7.08. The average Bonchev–Trinajstić information content (AvgIpc) is 3.81. The van der Waals surface area contributed by atoms with Gasteiger partial charge in [0.1, 0.15) is 18.2 Å². The molecule has 3 fully saturated rings. The van der Waals surface area contributed by atoms with Gasteiger partial charge in [-0.25, -0.2) is 14.3 Å². The topological polar surface area (TPSA) is 180 Å². The number of nitrogens with one attached hydrogen (secondary N) is 2. The molecule has 0 bridgehead atoms. The summed E-state index contributed by atoms with van der Waals surface area (Å²) < 4.78 is 6.98. The number of rotatable bonds is 7. The average molecular weight is 750 g/mol. The Balaban J connectivity index is 1.24. The number of aliphatic carboxylic acids is 1. The van der Waals surface area contributed by atoms with E-state index in [1.165, 1.54) is 32.3 Å². The van der Waals surface area contributed by atoms with Crippen LogP contribution in [0, 0.1) is 5.92 Å². The zero-order valence-corrected chi connectivity index (χ0v) is 30.3. The van der Waals surface area contributed by atoms with Gasteiger partial charge in [0, 0.05) is 24.4 Å². The lowest BCUT2D eigenvalue weighted by atomic mass is 10.0. The summed E-state index contributed by atoms with van der Waals surface area (Å²) in [6, 6.07) is 0.926. The monoisotopic (exact) mass is 749 g/mol. The molecule has 2 aliphatic heterocycles. The Hall–Kier alpha value is -4.34. The summed E-state index contributed by atoms with van der Waals surface area (Å²) in [5.41, 5.74) is 0.896. The first-order valence-corrected chi connectivity index (χ1v) is 19.9. The number of alkyl carbamates (subject to hydrolysis) is 1.